The number of aryl methyl sites for hydroxylation is 1. The molecule has 3 rings (SSSR count). The SMILES string of the molecule is Cc1ccc(CNC(=O)C(=O)NCC2CCN(S(=O)(=O)C3CC3)CC2)cc1. The fourth-order valence-electron chi connectivity index (χ4n) is 3.23. The number of amides is 2. The van der Waals surface area contributed by atoms with Gasteiger partial charge in [0, 0.05) is 26.2 Å². The van der Waals surface area contributed by atoms with Crippen molar-refractivity contribution in [2.75, 3.05) is 19.6 Å². The number of rotatable bonds is 6. The predicted molar refractivity (Wildman–Crippen MR) is 102 cm³/mol. The van der Waals surface area contributed by atoms with Gasteiger partial charge in [0.25, 0.3) is 0 Å². The largest absolute Gasteiger partial charge is 0.348 e. The molecular weight excluding hydrogens is 366 g/mol. The van der Waals surface area contributed by atoms with Crippen LogP contribution in [0.1, 0.15) is 36.8 Å². The van der Waals surface area contributed by atoms with Crippen LogP contribution in [-0.4, -0.2) is 49.4 Å². The van der Waals surface area contributed by atoms with E-state index in [9.17, 15) is 18.0 Å². The van der Waals surface area contributed by atoms with Crippen molar-refractivity contribution >= 4 is 21.8 Å². The minimum atomic E-state index is -3.11. The van der Waals surface area contributed by atoms with E-state index in [0.717, 1.165) is 24.0 Å². The average Bonchev–Trinajstić information content (AvgIpc) is 3.51. The number of piperidine rings is 1. The van der Waals surface area contributed by atoms with E-state index in [2.05, 4.69) is 10.6 Å². The summed E-state index contributed by atoms with van der Waals surface area (Å²) >= 11 is 0. The molecule has 8 heteroatoms. The van der Waals surface area contributed by atoms with Crippen molar-refractivity contribution in [3.05, 3.63) is 35.4 Å². The normalized spacial score (nSPS) is 18.9. The quantitative estimate of drug-likeness (QED) is 0.703. The minimum absolute atomic E-state index is 0.175. The molecule has 2 amide bonds. The number of sulfonamides is 1. The lowest BCUT2D eigenvalue weighted by Crippen LogP contribution is -2.45. The number of hydrogen-bond acceptors (Lipinski definition) is 4. The summed E-state index contributed by atoms with van der Waals surface area (Å²) in [5, 5.41) is 5.11. The zero-order valence-corrected chi connectivity index (χ0v) is 16.4. The van der Waals surface area contributed by atoms with Crippen molar-refractivity contribution in [3.63, 3.8) is 0 Å². The van der Waals surface area contributed by atoms with E-state index in [-0.39, 0.29) is 11.2 Å². The maximum absolute atomic E-state index is 12.2. The second-order valence-corrected chi connectivity index (χ2v) is 9.68. The van der Waals surface area contributed by atoms with Gasteiger partial charge in [0.05, 0.1) is 5.25 Å². The Morgan fingerprint density at radius 2 is 1.59 bits per heavy atom. The monoisotopic (exact) mass is 393 g/mol. The Kier molecular flexibility index (Phi) is 6.16. The van der Waals surface area contributed by atoms with E-state index in [0.29, 0.717) is 39.0 Å². The Bertz CT molecular complexity index is 780. The Balaban J connectivity index is 1.36. The molecule has 0 bridgehead atoms. The fourth-order valence-corrected chi connectivity index (χ4v) is 5.10. The molecule has 1 saturated carbocycles. The molecular formula is C19H27N3O4S. The van der Waals surface area contributed by atoms with Crippen molar-refractivity contribution < 1.29 is 18.0 Å². The zero-order chi connectivity index (χ0) is 19.4. The van der Waals surface area contributed by atoms with Gasteiger partial charge in [-0.3, -0.25) is 9.59 Å². The van der Waals surface area contributed by atoms with E-state index >= 15 is 0 Å². The van der Waals surface area contributed by atoms with Gasteiger partial charge in [-0.15, -0.1) is 0 Å². The summed E-state index contributed by atoms with van der Waals surface area (Å²) in [5.74, 6) is -1.09. The van der Waals surface area contributed by atoms with Gasteiger partial charge in [-0.05, 0) is 44.1 Å². The Morgan fingerprint density at radius 1 is 1.00 bits per heavy atom. The summed E-state index contributed by atoms with van der Waals surface area (Å²) in [7, 11) is -3.11. The van der Waals surface area contributed by atoms with Gasteiger partial charge in [-0.1, -0.05) is 29.8 Å². The minimum Gasteiger partial charge on any atom is -0.348 e. The molecule has 148 valence electrons. The van der Waals surface area contributed by atoms with Crippen molar-refractivity contribution in [1.29, 1.82) is 0 Å². The van der Waals surface area contributed by atoms with Gasteiger partial charge in [0.1, 0.15) is 0 Å². The van der Waals surface area contributed by atoms with E-state index in [4.69, 9.17) is 0 Å². The molecule has 0 unspecified atom stereocenters. The van der Waals surface area contributed by atoms with Crippen molar-refractivity contribution in [1.82, 2.24) is 14.9 Å². The third-order valence-electron chi connectivity index (χ3n) is 5.21. The predicted octanol–water partition coefficient (Wildman–Crippen LogP) is 0.932. The van der Waals surface area contributed by atoms with Crippen molar-refractivity contribution in [3.8, 4) is 0 Å². The van der Waals surface area contributed by atoms with Crippen LogP contribution in [0.4, 0.5) is 0 Å². The number of nitrogens with zero attached hydrogens (tertiary/aromatic N) is 1. The van der Waals surface area contributed by atoms with E-state index in [1.165, 1.54) is 0 Å². The molecule has 0 radical (unpaired) electrons. The maximum atomic E-state index is 12.2. The van der Waals surface area contributed by atoms with Crippen LogP contribution < -0.4 is 10.6 Å². The van der Waals surface area contributed by atoms with Gasteiger partial charge in [-0.25, -0.2) is 12.7 Å². The molecule has 2 aliphatic rings. The topological polar surface area (TPSA) is 95.6 Å². The average molecular weight is 394 g/mol. The first kappa shape index (κ1) is 19.8. The first-order valence-electron chi connectivity index (χ1n) is 9.47. The molecule has 0 aromatic heterocycles. The van der Waals surface area contributed by atoms with Crippen LogP contribution in [0.5, 0.6) is 0 Å². The van der Waals surface area contributed by atoms with Crippen LogP contribution in [0.3, 0.4) is 0 Å². The highest BCUT2D eigenvalue weighted by molar-refractivity contribution is 7.90. The first-order chi connectivity index (χ1) is 12.9. The number of hydrogen-bond donors (Lipinski definition) is 2. The molecule has 0 spiro atoms. The molecule has 1 saturated heterocycles. The van der Waals surface area contributed by atoms with Gasteiger partial charge in [-0.2, -0.15) is 0 Å². The van der Waals surface area contributed by atoms with Gasteiger partial charge in [0.15, 0.2) is 0 Å². The summed E-state index contributed by atoms with van der Waals surface area (Å²) in [5.41, 5.74) is 2.07. The van der Waals surface area contributed by atoms with E-state index in [1.807, 2.05) is 31.2 Å². The fraction of sp³-hybridized carbons (Fsp3) is 0.579. The molecule has 27 heavy (non-hydrogen) atoms. The number of carbonyl (C=O) groups is 2. The van der Waals surface area contributed by atoms with Crippen LogP contribution in [0.25, 0.3) is 0 Å². The molecule has 1 aromatic rings. The van der Waals surface area contributed by atoms with Crippen molar-refractivity contribution in [2.24, 2.45) is 5.92 Å². The smallest absolute Gasteiger partial charge is 0.309 e. The molecule has 7 nitrogen and oxygen atoms in total. The molecule has 1 aliphatic heterocycles. The molecule has 2 fully saturated rings. The van der Waals surface area contributed by atoms with Crippen LogP contribution in [0.2, 0.25) is 0 Å². The standard InChI is InChI=1S/C19H27N3O4S/c1-14-2-4-15(5-3-14)12-20-18(23)19(24)21-13-16-8-10-22(11-9-16)27(25,26)17-6-7-17/h2-5,16-17H,6-13H2,1H3,(H,20,23)(H,21,24). The third kappa shape index (κ3) is 5.29. The first-order valence-corrected chi connectivity index (χ1v) is 11.0. The maximum Gasteiger partial charge on any atom is 0.309 e. The number of carbonyl (C=O) groups excluding carboxylic acids is 2. The lowest BCUT2D eigenvalue weighted by Gasteiger charge is -2.31. The highest BCUT2D eigenvalue weighted by Crippen LogP contribution is 2.32. The van der Waals surface area contributed by atoms with Crippen molar-refractivity contribution in [2.45, 2.75) is 44.4 Å². The number of nitrogens with one attached hydrogen (secondary N) is 2. The summed E-state index contributed by atoms with van der Waals surface area (Å²) < 4.78 is 26.0. The van der Waals surface area contributed by atoms with Crippen LogP contribution in [0, 0.1) is 12.8 Å². The molecule has 1 aliphatic carbocycles. The summed E-state index contributed by atoms with van der Waals surface area (Å²) in [6.07, 6.45) is 2.96. The second-order valence-electron chi connectivity index (χ2n) is 7.47. The summed E-state index contributed by atoms with van der Waals surface area (Å²) in [6, 6.07) is 7.74. The Labute approximate surface area is 160 Å². The van der Waals surface area contributed by atoms with Gasteiger partial charge >= 0.3 is 11.8 Å². The van der Waals surface area contributed by atoms with Crippen LogP contribution in [-0.2, 0) is 26.2 Å². The Hall–Kier alpha value is -1.93. The lowest BCUT2D eigenvalue weighted by molar-refractivity contribution is -0.139. The van der Waals surface area contributed by atoms with Crippen LogP contribution >= 0.6 is 0 Å². The van der Waals surface area contributed by atoms with E-state index < -0.39 is 21.8 Å². The highest BCUT2D eigenvalue weighted by atomic mass is 32.2. The highest BCUT2D eigenvalue weighted by Gasteiger charge is 2.41. The third-order valence-corrected chi connectivity index (χ3v) is 7.61. The summed E-state index contributed by atoms with van der Waals surface area (Å²) in [4.78, 5) is 23.9. The second kappa shape index (κ2) is 8.39. The molecule has 2 N–H and O–H groups in total. The molecule has 0 atom stereocenters. The van der Waals surface area contributed by atoms with Gasteiger partial charge < -0.3 is 10.6 Å². The zero-order valence-electron chi connectivity index (χ0n) is 15.6. The van der Waals surface area contributed by atoms with Gasteiger partial charge in [0.2, 0.25) is 10.0 Å². The summed E-state index contributed by atoms with van der Waals surface area (Å²) in [6.45, 7) is 3.69. The van der Waals surface area contributed by atoms with Crippen LogP contribution in [0.15, 0.2) is 24.3 Å². The number of benzene rings is 1. The Morgan fingerprint density at radius 3 is 2.19 bits per heavy atom. The molecule has 1 heterocycles. The molecule has 1 aromatic carbocycles. The van der Waals surface area contributed by atoms with E-state index in [1.54, 1.807) is 4.31 Å². The lowest BCUT2D eigenvalue weighted by atomic mass is 9.98.